The molecule has 1 saturated carbocycles. The van der Waals surface area contributed by atoms with Gasteiger partial charge < -0.3 is 5.11 Å². The van der Waals surface area contributed by atoms with Crippen LogP contribution >= 0.6 is 0 Å². The summed E-state index contributed by atoms with van der Waals surface area (Å²) in [6.07, 6.45) is 4.71. The van der Waals surface area contributed by atoms with Gasteiger partial charge in [-0.25, -0.2) is 14.5 Å². The van der Waals surface area contributed by atoms with E-state index in [0.29, 0.717) is 17.7 Å². The second-order valence-corrected chi connectivity index (χ2v) is 5.11. The van der Waals surface area contributed by atoms with Crippen LogP contribution in [-0.2, 0) is 6.42 Å². The second kappa shape index (κ2) is 3.63. The molecule has 2 atom stereocenters. The molecule has 2 aromatic rings. The average Bonchev–Trinajstić information content (AvgIpc) is 2.95. The molecule has 2 aromatic heterocycles. The van der Waals surface area contributed by atoms with Crippen molar-refractivity contribution in [3.63, 3.8) is 0 Å². The van der Waals surface area contributed by atoms with Crippen LogP contribution in [0.2, 0.25) is 0 Å². The first-order valence-corrected chi connectivity index (χ1v) is 6.26. The zero-order valence-electron chi connectivity index (χ0n) is 10.3. The molecule has 0 unspecified atom stereocenters. The van der Waals surface area contributed by atoms with Crippen LogP contribution < -0.4 is 0 Å². The number of aromatic carboxylic acids is 1. The van der Waals surface area contributed by atoms with Crippen LogP contribution in [0.15, 0.2) is 12.4 Å². The van der Waals surface area contributed by atoms with Gasteiger partial charge in [0.15, 0.2) is 17.2 Å². The molecule has 1 N–H and O–H groups in total. The van der Waals surface area contributed by atoms with Gasteiger partial charge in [0, 0.05) is 11.5 Å². The highest BCUT2D eigenvalue weighted by Crippen LogP contribution is 2.57. The molecule has 7 heteroatoms. The molecule has 0 aliphatic heterocycles. The van der Waals surface area contributed by atoms with Crippen molar-refractivity contribution in [2.45, 2.75) is 18.8 Å². The number of carboxylic acid groups (broad SMARTS) is 1. The third kappa shape index (κ3) is 1.39. The van der Waals surface area contributed by atoms with E-state index in [2.05, 4.69) is 15.1 Å². The Kier molecular flexibility index (Phi) is 2.02. The molecule has 0 bridgehead atoms. The largest absolute Gasteiger partial charge is 0.476 e. The summed E-state index contributed by atoms with van der Waals surface area (Å²) in [7, 11) is 0. The molecule has 2 heterocycles. The fourth-order valence-corrected chi connectivity index (χ4v) is 2.97. The SMILES string of the molecule is N#Cc1cncc(-n2nc(C(=O)O)c3c2[C@@H]2C[C@@H]2C3)n1. The van der Waals surface area contributed by atoms with Gasteiger partial charge in [-0.05, 0) is 18.8 Å². The Hall–Kier alpha value is -2.75. The fraction of sp³-hybridized carbons (Fsp3) is 0.308. The number of fused-ring (bicyclic) bond motifs is 3. The number of rotatable bonds is 2. The van der Waals surface area contributed by atoms with E-state index in [1.807, 2.05) is 6.07 Å². The third-order valence-electron chi connectivity index (χ3n) is 3.92. The Morgan fingerprint density at radius 1 is 1.50 bits per heavy atom. The van der Waals surface area contributed by atoms with Gasteiger partial charge in [0.1, 0.15) is 6.07 Å². The van der Waals surface area contributed by atoms with E-state index < -0.39 is 5.97 Å². The molecule has 98 valence electrons. The third-order valence-corrected chi connectivity index (χ3v) is 3.92. The number of hydrogen-bond acceptors (Lipinski definition) is 5. The summed E-state index contributed by atoms with van der Waals surface area (Å²) in [6, 6.07) is 1.92. The number of carbonyl (C=O) groups is 1. The zero-order valence-corrected chi connectivity index (χ0v) is 10.3. The normalized spacial score (nSPS) is 21.9. The molecule has 0 radical (unpaired) electrons. The minimum absolute atomic E-state index is 0.0939. The molecule has 20 heavy (non-hydrogen) atoms. The second-order valence-electron chi connectivity index (χ2n) is 5.11. The standard InChI is InChI=1S/C13H9N5O2/c14-3-7-4-15-5-10(16-7)18-12-8-1-6(8)2-9(12)11(17-18)13(19)20/h4-6,8H,1-2H2,(H,19,20)/t6-,8-/m1/s1. The smallest absolute Gasteiger partial charge is 0.356 e. The molecular weight excluding hydrogens is 258 g/mol. The van der Waals surface area contributed by atoms with Crippen molar-refractivity contribution in [2.24, 2.45) is 5.92 Å². The Labute approximate surface area is 113 Å². The Morgan fingerprint density at radius 3 is 3.10 bits per heavy atom. The van der Waals surface area contributed by atoms with Crippen molar-refractivity contribution in [1.29, 1.82) is 5.26 Å². The molecule has 0 aromatic carbocycles. The lowest BCUT2D eigenvalue weighted by atomic mass is 10.1. The van der Waals surface area contributed by atoms with E-state index in [1.165, 1.54) is 12.4 Å². The van der Waals surface area contributed by atoms with Gasteiger partial charge in [0.05, 0.1) is 18.1 Å². The molecule has 4 rings (SSSR count). The average molecular weight is 267 g/mol. The number of nitriles is 1. The van der Waals surface area contributed by atoms with Crippen LogP contribution in [0.4, 0.5) is 0 Å². The first kappa shape index (κ1) is 11.1. The fourth-order valence-electron chi connectivity index (χ4n) is 2.97. The highest BCUT2D eigenvalue weighted by atomic mass is 16.4. The van der Waals surface area contributed by atoms with E-state index in [-0.39, 0.29) is 11.4 Å². The van der Waals surface area contributed by atoms with E-state index in [4.69, 9.17) is 5.26 Å². The maximum absolute atomic E-state index is 11.3. The van der Waals surface area contributed by atoms with Gasteiger partial charge in [-0.1, -0.05) is 0 Å². The van der Waals surface area contributed by atoms with Gasteiger partial charge in [-0.2, -0.15) is 10.4 Å². The lowest BCUT2D eigenvalue weighted by Gasteiger charge is -2.04. The van der Waals surface area contributed by atoms with Gasteiger partial charge in [-0.15, -0.1) is 0 Å². The highest BCUT2D eigenvalue weighted by molar-refractivity contribution is 5.88. The van der Waals surface area contributed by atoms with Gasteiger partial charge >= 0.3 is 5.97 Å². The van der Waals surface area contributed by atoms with Crippen LogP contribution in [0.5, 0.6) is 0 Å². The van der Waals surface area contributed by atoms with Crippen molar-refractivity contribution >= 4 is 5.97 Å². The molecule has 1 fully saturated rings. The minimum atomic E-state index is -1.02. The van der Waals surface area contributed by atoms with Crippen LogP contribution in [0.3, 0.4) is 0 Å². The number of nitrogens with zero attached hydrogens (tertiary/aromatic N) is 5. The molecule has 7 nitrogen and oxygen atoms in total. The Balaban J connectivity index is 1.92. The predicted octanol–water partition coefficient (Wildman–Crippen LogP) is 0.892. The monoisotopic (exact) mass is 267 g/mol. The number of aromatic nitrogens is 4. The van der Waals surface area contributed by atoms with Crippen molar-refractivity contribution in [2.75, 3.05) is 0 Å². The summed E-state index contributed by atoms with van der Waals surface area (Å²) in [5.74, 6) is 0.295. The van der Waals surface area contributed by atoms with E-state index in [1.54, 1.807) is 4.68 Å². The molecular formula is C13H9N5O2. The number of hydrogen-bond donors (Lipinski definition) is 1. The van der Waals surface area contributed by atoms with Crippen molar-refractivity contribution in [3.05, 3.63) is 35.0 Å². The number of carboxylic acids is 1. The molecule has 2 aliphatic carbocycles. The first-order chi connectivity index (χ1) is 9.69. The molecule has 0 spiro atoms. The Morgan fingerprint density at radius 2 is 2.35 bits per heavy atom. The van der Waals surface area contributed by atoms with E-state index >= 15 is 0 Å². The highest BCUT2D eigenvalue weighted by Gasteiger charge is 2.50. The summed E-state index contributed by atoms with van der Waals surface area (Å²) in [5.41, 5.74) is 2.02. The maximum Gasteiger partial charge on any atom is 0.356 e. The van der Waals surface area contributed by atoms with Gasteiger partial charge in [0.25, 0.3) is 0 Å². The first-order valence-electron chi connectivity index (χ1n) is 6.26. The molecule has 0 amide bonds. The van der Waals surface area contributed by atoms with E-state index in [0.717, 1.165) is 24.1 Å². The van der Waals surface area contributed by atoms with Crippen molar-refractivity contribution in [1.82, 2.24) is 19.7 Å². The molecule has 2 aliphatic rings. The van der Waals surface area contributed by atoms with Crippen LogP contribution in [0, 0.1) is 17.2 Å². The van der Waals surface area contributed by atoms with Crippen molar-refractivity contribution in [3.8, 4) is 11.9 Å². The van der Waals surface area contributed by atoms with Gasteiger partial charge in [0.2, 0.25) is 0 Å². The predicted molar refractivity (Wildman–Crippen MR) is 65.4 cm³/mol. The minimum Gasteiger partial charge on any atom is -0.476 e. The summed E-state index contributed by atoms with van der Waals surface area (Å²) in [5, 5.41) is 22.3. The van der Waals surface area contributed by atoms with Gasteiger partial charge in [-0.3, -0.25) is 4.98 Å². The topological polar surface area (TPSA) is 105 Å². The summed E-state index contributed by atoms with van der Waals surface area (Å²) < 4.78 is 1.55. The zero-order chi connectivity index (χ0) is 13.9. The van der Waals surface area contributed by atoms with Crippen LogP contribution in [0.25, 0.3) is 5.82 Å². The summed E-state index contributed by atoms with van der Waals surface area (Å²) in [6.45, 7) is 0. The quantitative estimate of drug-likeness (QED) is 0.866. The maximum atomic E-state index is 11.3. The Bertz CT molecular complexity index is 789. The van der Waals surface area contributed by atoms with E-state index in [9.17, 15) is 9.90 Å². The summed E-state index contributed by atoms with van der Waals surface area (Å²) >= 11 is 0. The lowest BCUT2D eigenvalue weighted by Crippen LogP contribution is -2.07. The molecule has 0 saturated heterocycles. The van der Waals surface area contributed by atoms with Crippen LogP contribution in [-0.4, -0.2) is 30.8 Å². The van der Waals surface area contributed by atoms with Crippen molar-refractivity contribution < 1.29 is 9.90 Å². The lowest BCUT2D eigenvalue weighted by molar-refractivity contribution is 0.0688. The summed E-state index contributed by atoms with van der Waals surface area (Å²) in [4.78, 5) is 19.4. The van der Waals surface area contributed by atoms with Crippen LogP contribution in [0.1, 0.15) is 39.8 Å².